The van der Waals surface area contributed by atoms with Crippen LogP contribution < -0.4 is 10.2 Å². The Morgan fingerprint density at radius 1 is 1.06 bits per heavy atom. The van der Waals surface area contributed by atoms with Crippen LogP contribution >= 0.6 is 0 Å². The molecule has 1 nitrogen and oxygen atoms in total. The summed E-state index contributed by atoms with van der Waals surface area (Å²) in [7, 11) is 0. The van der Waals surface area contributed by atoms with Crippen molar-refractivity contribution in [2.75, 3.05) is 6.61 Å². The molecule has 0 fully saturated rings. The van der Waals surface area contributed by atoms with Crippen LogP contribution in [0.5, 0.6) is 5.75 Å². The molecule has 1 rings (SSSR count). The molecule has 0 aliphatic heterocycles. The Balaban J connectivity index is 2.88. The van der Waals surface area contributed by atoms with E-state index in [-0.39, 0.29) is 0 Å². The number of alkyl halides is 3. The first-order valence-electron chi connectivity index (χ1n) is 4.18. The third-order valence-corrected chi connectivity index (χ3v) is 1.66. The van der Waals surface area contributed by atoms with Crippen LogP contribution in [0.2, 0.25) is 0 Å². The summed E-state index contributed by atoms with van der Waals surface area (Å²) in [5.74, 6) is -0.799. The van der Waals surface area contributed by atoms with Gasteiger partial charge in [-0.3, -0.25) is 0 Å². The van der Waals surface area contributed by atoms with Crippen LogP contribution in [0.15, 0.2) is 24.3 Å². The van der Waals surface area contributed by atoms with Gasteiger partial charge in [0.25, 0.3) is 0 Å². The third kappa shape index (κ3) is 3.67. The second-order valence-corrected chi connectivity index (χ2v) is 3.02. The first-order chi connectivity index (χ1) is 7.20. The molecule has 0 atom stereocenters. The van der Waals surface area contributed by atoms with Gasteiger partial charge in [0.15, 0.2) is 6.61 Å². The fourth-order valence-electron chi connectivity index (χ4n) is 1.04. The molecule has 0 saturated carbocycles. The molecular formula is C8H6BF6O-. The number of hydrogen-bond acceptors (Lipinski definition) is 1. The molecule has 0 radical (unpaired) electrons. The van der Waals surface area contributed by atoms with E-state index in [0.29, 0.717) is 6.07 Å². The van der Waals surface area contributed by atoms with E-state index >= 15 is 0 Å². The Morgan fingerprint density at radius 2 is 1.62 bits per heavy atom. The van der Waals surface area contributed by atoms with E-state index < -0.39 is 31.0 Å². The normalized spacial score (nSPS) is 12.6. The summed E-state index contributed by atoms with van der Waals surface area (Å²) in [5, 5.41) is 0. The average Bonchev–Trinajstić information content (AvgIpc) is 2.12. The van der Waals surface area contributed by atoms with Crippen molar-refractivity contribution >= 4 is 12.4 Å². The van der Waals surface area contributed by atoms with Crippen molar-refractivity contribution in [2.24, 2.45) is 0 Å². The van der Waals surface area contributed by atoms with Crippen LogP contribution in [-0.4, -0.2) is 19.8 Å². The van der Waals surface area contributed by atoms with Crippen LogP contribution in [0.3, 0.4) is 0 Å². The molecule has 0 aliphatic rings. The molecule has 0 unspecified atom stereocenters. The number of ether oxygens (including phenoxy) is 1. The predicted molar refractivity (Wildman–Crippen MR) is 46.7 cm³/mol. The Bertz CT molecular complexity index is 358. The summed E-state index contributed by atoms with van der Waals surface area (Å²) in [6.07, 6.45) is -4.66. The highest BCUT2D eigenvalue weighted by Crippen LogP contribution is 2.20. The number of hydrogen-bond donors (Lipinski definition) is 0. The summed E-state index contributed by atoms with van der Waals surface area (Å²) in [6.45, 7) is -7.12. The van der Waals surface area contributed by atoms with Gasteiger partial charge in [-0.25, -0.2) is 0 Å². The maximum atomic E-state index is 12.4. The quantitative estimate of drug-likeness (QED) is 0.585. The zero-order chi connectivity index (χ0) is 12.4. The standard InChI is InChI=1S/C8H6BF6O/c10-8(11,12)5-16-7-4-2-1-3-6(7)9(13,14)15/h1-4H,5H2/q-1. The van der Waals surface area contributed by atoms with E-state index in [1.807, 2.05) is 0 Å². The summed E-state index contributed by atoms with van der Waals surface area (Å²) < 4.78 is 76.5. The molecule has 1 aromatic rings. The lowest BCUT2D eigenvalue weighted by Crippen LogP contribution is -2.36. The largest absolute Gasteiger partial charge is 0.513 e. The summed E-state index contributed by atoms with van der Waals surface area (Å²) in [4.78, 5) is 0. The SMILES string of the molecule is F[B-](F)(F)c1ccccc1OCC(F)(F)F. The van der Waals surface area contributed by atoms with Crippen LogP contribution in [0, 0.1) is 0 Å². The smallest absolute Gasteiger partial charge is 0.487 e. The Hall–Kier alpha value is -1.34. The maximum Gasteiger partial charge on any atom is 0.513 e. The lowest BCUT2D eigenvalue weighted by molar-refractivity contribution is -0.153. The number of benzene rings is 1. The molecule has 0 N–H and O–H groups in total. The topological polar surface area (TPSA) is 9.23 Å². The third-order valence-electron chi connectivity index (χ3n) is 1.66. The predicted octanol–water partition coefficient (Wildman–Crippen LogP) is 2.68. The van der Waals surface area contributed by atoms with E-state index in [0.717, 1.165) is 12.1 Å². The van der Waals surface area contributed by atoms with E-state index in [9.17, 15) is 26.1 Å². The Kier molecular flexibility index (Phi) is 3.40. The van der Waals surface area contributed by atoms with Crippen molar-refractivity contribution in [2.45, 2.75) is 6.18 Å². The Labute approximate surface area is 87.1 Å². The lowest BCUT2D eigenvalue weighted by atomic mass is 9.79. The zero-order valence-corrected chi connectivity index (χ0v) is 7.77. The average molecular weight is 243 g/mol. The van der Waals surface area contributed by atoms with Crippen molar-refractivity contribution in [3.8, 4) is 5.75 Å². The summed E-state index contributed by atoms with van der Waals surface area (Å²) in [6, 6.07) is 3.81. The van der Waals surface area contributed by atoms with Gasteiger partial charge in [0.2, 0.25) is 0 Å². The highest BCUT2D eigenvalue weighted by atomic mass is 19.4. The maximum absolute atomic E-state index is 12.4. The second-order valence-electron chi connectivity index (χ2n) is 3.02. The first-order valence-corrected chi connectivity index (χ1v) is 4.18. The van der Waals surface area contributed by atoms with Crippen LogP contribution in [0.4, 0.5) is 26.1 Å². The molecule has 0 amide bonds. The first kappa shape index (κ1) is 12.7. The Morgan fingerprint density at radius 3 is 2.12 bits per heavy atom. The van der Waals surface area contributed by atoms with Gasteiger partial charge in [0.05, 0.1) is 5.75 Å². The monoisotopic (exact) mass is 243 g/mol. The highest BCUT2D eigenvalue weighted by molar-refractivity contribution is 6.74. The minimum Gasteiger partial charge on any atom is -0.487 e. The molecule has 90 valence electrons. The van der Waals surface area contributed by atoms with Crippen molar-refractivity contribution in [3.05, 3.63) is 24.3 Å². The molecular weight excluding hydrogens is 237 g/mol. The molecule has 0 aromatic heterocycles. The van der Waals surface area contributed by atoms with Gasteiger partial charge in [0.1, 0.15) is 0 Å². The number of rotatable bonds is 3. The van der Waals surface area contributed by atoms with Gasteiger partial charge in [-0.1, -0.05) is 23.7 Å². The van der Waals surface area contributed by atoms with Crippen LogP contribution in [0.25, 0.3) is 0 Å². The van der Waals surface area contributed by atoms with E-state index in [4.69, 9.17) is 0 Å². The molecule has 1 aromatic carbocycles. The number of halogens is 6. The van der Waals surface area contributed by atoms with Gasteiger partial charge in [-0.15, -0.1) is 0 Å². The van der Waals surface area contributed by atoms with Crippen molar-refractivity contribution in [1.82, 2.24) is 0 Å². The molecule has 8 heteroatoms. The van der Waals surface area contributed by atoms with Gasteiger partial charge in [0, 0.05) is 0 Å². The fraction of sp³-hybridized carbons (Fsp3) is 0.250. The van der Waals surface area contributed by atoms with Crippen molar-refractivity contribution in [3.63, 3.8) is 0 Å². The lowest BCUT2D eigenvalue weighted by Gasteiger charge is -2.20. The van der Waals surface area contributed by atoms with Crippen LogP contribution in [0.1, 0.15) is 0 Å². The minimum absolute atomic E-state index is 0.686. The van der Waals surface area contributed by atoms with Gasteiger partial charge < -0.3 is 17.7 Å². The molecule has 0 aliphatic carbocycles. The van der Waals surface area contributed by atoms with Gasteiger partial charge >= 0.3 is 13.2 Å². The minimum atomic E-state index is -5.38. The summed E-state index contributed by atoms with van der Waals surface area (Å²) >= 11 is 0. The molecule has 0 saturated heterocycles. The highest BCUT2D eigenvalue weighted by Gasteiger charge is 2.32. The number of para-hydroxylation sites is 1. The fourth-order valence-corrected chi connectivity index (χ4v) is 1.04. The van der Waals surface area contributed by atoms with Gasteiger partial charge in [-0.05, 0) is 6.07 Å². The molecule has 16 heavy (non-hydrogen) atoms. The van der Waals surface area contributed by atoms with E-state index in [1.54, 1.807) is 0 Å². The second kappa shape index (κ2) is 4.27. The van der Waals surface area contributed by atoms with Crippen LogP contribution in [-0.2, 0) is 0 Å². The molecule has 0 heterocycles. The molecule has 0 spiro atoms. The zero-order valence-electron chi connectivity index (χ0n) is 7.77. The van der Waals surface area contributed by atoms with Gasteiger partial charge in [-0.2, -0.15) is 13.2 Å². The van der Waals surface area contributed by atoms with E-state index in [1.165, 1.54) is 6.07 Å². The van der Waals surface area contributed by atoms with Crippen molar-refractivity contribution < 1.29 is 30.9 Å². The summed E-state index contributed by atoms with van der Waals surface area (Å²) in [5.41, 5.74) is -1.16. The van der Waals surface area contributed by atoms with E-state index in [2.05, 4.69) is 4.74 Å². The van der Waals surface area contributed by atoms with Crippen molar-refractivity contribution in [1.29, 1.82) is 0 Å². The molecule has 0 bridgehead atoms.